The Bertz CT molecular complexity index is 1390. The fourth-order valence-corrected chi connectivity index (χ4v) is 7.19. The second-order valence-electron chi connectivity index (χ2n) is 13.1. The Hall–Kier alpha value is -2.86. The third-order valence-electron chi connectivity index (χ3n) is 8.31. The van der Waals surface area contributed by atoms with Crippen LogP contribution in [-0.4, -0.2) is 30.1 Å². The van der Waals surface area contributed by atoms with E-state index in [1.54, 1.807) is 0 Å². The van der Waals surface area contributed by atoms with Gasteiger partial charge in [0.25, 0.3) is 0 Å². The van der Waals surface area contributed by atoms with Crippen molar-refractivity contribution in [1.82, 2.24) is 4.90 Å². The van der Waals surface area contributed by atoms with Gasteiger partial charge in [-0.2, -0.15) is 0 Å². The summed E-state index contributed by atoms with van der Waals surface area (Å²) in [7, 11) is 2.04. The van der Waals surface area contributed by atoms with Crippen LogP contribution in [0.4, 0.5) is 0 Å². The number of halogens is 1. The van der Waals surface area contributed by atoms with Crippen molar-refractivity contribution in [2.45, 2.75) is 79.8 Å². The lowest BCUT2D eigenvalue weighted by molar-refractivity contribution is -0.119. The lowest BCUT2D eigenvalue weighted by Crippen LogP contribution is -2.43. The van der Waals surface area contributed by atoms with Gasteiger partial charge in [-0.1, -0.05) is 57.5 Å². The molecule has 0 saturated carbocycles. The average molecular weight is 607 g/mol. The Labute approximate surface area is 246 Å². The summed E-state index contributed by atoms with van der Waals surface area (Å²) >= 11 is 3.76. The summed E-state index contributed by atoms with van der Waals surface area (Å²) in [4.78, 5) is 29.9. The summed E-state index contributed by atoms with van der Waals surface area (Å²) in [6.07, 6.45) is 2.53. The number of ketones is 2. The Kier molecular flexibility index (Phi) is 7.54. The molecule has 0 atom stereocenters. The van der Waals surface area contributed by atoms with E-state index in [9.17, 15) is 9.59 Å². The zero-order valence-electron chi connectivity index (χ0n) is 24.7. The van der Waals surface area contributed by atoms with Crippen LogP contribution in [0.15, 0.2) is 63.4 Å². The van der Waals surface area contributed by atoms with Gasteiger partial charge < -0.3 is 14.4 Å². The fourth-order valence-electron chi connectivity index (χ4n) is 6.61. The molecule has 1 heterocycles. The first kappa shape index (κ1) is 28.7. The van der Waals surface area contributed by atoms with Crippen LogP contribution in [0, 0.1) is 17.8 Å². The minimum Gasteiger partial charge on any atom is -0.490 e. The molecule has 0 spiro atoms. The summed E-state index contributed by atoms with van der Waals surface area (Å²) in [5.74, 6) is 1.06. The largest absolute Gasteiger partial charge is 0.490 e. The molecule has 5 nitrogen and oxygen atoms in total. The van der Waals surface area contributed by atoms with Gasteiger partial charge >= 0.3 is 0 Å². The summed E-state index contributed by atoms with van der Waals surface area (Å²) in [6.45, 7) is 13.5. The fraction of sp³-hybridized carbons (Fsp3) is 0.471. The molecule has 3 aliphatic rings. The number of rotatable bonds is 6. The van der Waals surface area contributed by atoms with Gasteiger partial charge in [0.1, 0.15) is 6.61 Å². The van der Waals surface area contributed by atoms with Crippen molar-refractivity contribution in [1.29, 1.82) is 0 Å². The Morgan fingerprint density at radius 1 is 0.900 bits per heavy atom. The normalized spacial score (nSPS) is 20.4. The van der Waals surface area contributed by atoms with Gasteiger partial charge in [-0.3, -0.25) is 9.59 Å². The first-order chi connectivity index (χ1) is 18.8. The molecule has 212 valence electrons. The Morgan fingerprint density at radius 3 is 2.05 bits per heavy atom. The third kappa shape index (κ3) is 5.39. The summed E-state index contributed by atoms with van der Waals surface area (Å²) in [5, 5.41) is 0. The van der Waals surface area contributed by atoms with Crippen molar-refractivity contribution in [2.24, 2.45) is 10.8 Å². The van der Waals surface area contributed by atoms with E-state index < -0.39 is 5.92 Å². The van der Waals surface area contributed by atoms with E-state index >= 15 is 0 Å². The minimum atomic E-state index is -0.422. The monoisotopic (exact) mass is 605 g/mol. The van der Waals surface area contributed by atoms with Gasteiger partial charge in [0.2, 0.25) is 0 Å². The highest BCUT2D eigenvalue weighted by atomic mass is 79.9. The second-order valence-corrected chi connectivity index (χ2v) is 14.0. The number of hydrogen-bond donors (Lipinski definition) is 0. The summed E-state index contributed by atoms with van der Waals surface area (Å²) in [5.41, 5.74) is 6.48. The van der Waals surface area contributed by atoms with Crippen molar-refractivity contribution >= 4 is 27.5 Å². The van der Waals surface area contributed by atoms with Crippen LogP contribution in [0.2, 0.25) is 0 Å². The van der Waals surface area contributed by atoms with E-state index in [1.165, 1.54) is 5.56 Å². The lowest BCUT2D eigenvalue weighted by Gasteiger charge is -2.48. The molecule has 5 rings (SSSR count). The molecule has 0 saturated heterocycles. The summed E-state index contributed by atoms with van der Waals surface area (Å²) < 4.78 is 13.1. The summed E-state index contributed by atoms with van der Waals surface area (Å²) in [6, 6.07) is 12.2. The highest BCUT2D eigenvalue weighted by Crippen LogP contribution is 2.55. The number of hydrogen-bond acceptors (Lipinski definition) is 5. The first-order valence-corrected chi connectivity index (χ1v) is 15.0. The Balaban J connectivity index is 1.64. The quantitative estimate of drug-likeness (QED) is 0.333. The number of carbonyl (C=O) groups is 2. The number of ether oxygens (including phenoxy) is 2. The van der Waals surface area contributed by atoms with Crippen molar-refractivity contribution in [2.75, 3.05) is 13.7 Å². The van der Waals surface area contributed by atoms with E-state index in [0.29, 0.717) is 37.6 Å². The van der Waals surface area contributed by atoms with Crippen LogP contribution >= 0.6 is 15.9 Å². The van der Waals surface area contributed by atoms with Crippen LogP contribution < -0.4 is 9.47 Å². The van der Waals surface area contributed by atoms with E-state index in [4.69, 9.17) is 9.47 Å². The maximum Gasteiger partial charge on any atom is 0.175 e. The smallest absolute Gasteiger partial charge is 0.175 e. The van der Waals surface area contributed by atoms with Crippen LogP contribution in [0.1, 0.15) is 82.9 Å². The highest BCUT2D eigenvalue weighted by Gasteiger charge is 2.48. The first-order valence-electron chi connectivity index (χ1n) is 14.2. The zero-order chi connectivity index (χ0) is 29.0. The zero-order valence-corrected chi connectivity index (χ0v) is 26.3. The number of nitrogens with zero attached hydrogens (tertiary/aromatic N) is 1. The van der Waals surface area contributed by atoms with Crippen LogP contribution in [0.25, 0.3) is 0 Å². The Morgan fingerprint density at radius 2 is 1.50 bits per heavy atom. The number of carbonyl (C=O) groups excluding carboxylic acids is 2. The molecule has 0 amide bonds. The van der Waals surface area contributed by atoms with Gasteiger partial charge in [0.05, 0.1) is 11.1 Å². The van der Waals surface area contributed by atoms with Crippen LogP contribution in [0.3, 0.4) is 0 Å². The second kappa shape index (κ2) is 10.5. The van der Waals surface area contributed by atoms with E-state index in [2.05, 4.69) is 67.6 Å². The van der Waals surface area contributed by atoms with Gasteiger partial charge in [0, 0.05) is 48.3 Å². The topological polar surface area (TPSA) is 55.8 Å². The van der Waals surface area contributed by atoms with Crippen molar-refractivity contribution < 1.29 is 19.1 Å². The lowest BCUT2D eigenvalue weighted by atomic mass is 9.64. The molecule has 40 heavy (non-hydrogen) atoms. The number of allylic oxidation sites excluding steroid dienone is 4. The molecule has 2 aliphatic carbocycles. The van der Waals surface area contributed by atoms with E-state index in [-0.39, 0.29) is 22.4 Å². The third-order valence-corrected chi connectivity index (χ3v) is 8.90. The highest BCUT2D eigenvalue weighted by molar-refractivity contribution is 9.10. The predicted octanol–water partition coefficient (Wildman–Crippen LogP) is 8.05. The molecule has 2 aromatic carbocycles. The molecule has 0 bridgehead atoms. The molecule has 1 aliphatic heterocycles. The molecule has 2 aromatic rings. The molecule has 0 radical (unpaired) electrons. The standard InChI is InChI=1S/C34H40BrNO4/c1-8-39-28-14-22(13-23(35)32(28)40-19-21-11-9-10-20(2)12-21)29-30-24(15-33(3,4)17-26(30)37)36(7)25-16-34(5,6)18-27(38)31(25)29/h9-14,29H,8,15-19H2,1-7H3. The maximum atomic E-state index is 13.8. The number of benzene rings is 2. The number of aryl methyl sites for hydroxylation is 1. The van der Waals surface area contributed by atoms with Crippen LogP contribution in [-0.2, 0) is 16.2 Å². The molecule has 0 N–H and O–H groups in total. The minimum absolute atomic E-state index is 0.126. The van der Waals surface area contributed by atoms with E-state index in [0.717, 1.165) is 51.0 Å². The van der Waals surface area contributed by atoms with Crippen molar-refractivity contribution in [3.05, 3.63) is 80.1 Å². The predicted molar refractivity (Wildman–Crippen MR) is 161 cm³/mol. The maximum absolute atomic E-state index is 13.8. The molecular formula is C34H40BrNO4. The van der Waals surface area contributed by atoms with Crippen molar-refractivity contribution in [3.8, 4) is 11.5 Å². The van der Waals surface area contributed by atoms with Gasteiger partial charge in [-0.05, 0) is 76.7 Å². The number of Topliss-reactive ketones (excluding diaryl/α,β-unsaturated/α-hetero) is 2. The molecule has 0 unspecified atom stereocenters. The van der Waals surface area contributed by atoms with Crippen molar-refractivity contribution in [3.63, 3.8) is 0 Å². The molecule has 0 fully saturated rings. The van der Waals surface area contributed by atoms with Gasteiger partial charge in [-0.25, -0.2) is 0 Å². The van der Waals surface area contributed by atoms with Gasteiger partial charge in [-0.15, -0.1) is 0 Å². The average Bonchev–Trinajstić information content (AvgIpc) is 2.84. The van der Waals surface area contributed by atoms with E-state index in [1.807, 2.05) is 38.2 Å². The molecular weight excluding hydrogens is 566 g/mol. The molecule has 6 heteroatoms. The van der Waals surface area contributed by atoms with Crippen LogP contribution in [0.5, 0.6) is 11.5 Å². The molecule has 0 aromatic heterocycles. The van der Waals surface area contributed by atoms with Gasteiger partial charge in [0.15, 0.2) is 23.1 Å². The SMILES string of the molecule is CCOc1cc(C2C3=C(CC(C)(C)CC3=O)N(C)C3=C2C(=O)CC(C)(C)C3)cc(Br)c1OCc1cccc(C)c1.